The molecule has 0 aliphatic carbocycles. The lowest BCUT2D eigenvalue weighted by molar-refractivity contribution is -0.00000391. The minimum atomic E-state index is 0. The molecule has 0 aliphatic heterocycles. The van der Waals surface area contributed by atoms with Crippen molar-refractivity contribution in [2.24, 2.45) is 5.73 Å². The van der Waals surface area contributed by atoms with Crippen LogP contribution in [0, 0.1) is 10.8 Å². The second kappa shape index (κ2) is 11.7. The fourth-order valence-electron chi connectivity index (χ4n) is 1.44. The van der Waals surface area contributed by atoms with Gasteiger partial charge in [-0.15, -0.1) is 0 Å². The van der Waals surface area contributed by atoms with Crippen molar-refractivity contribution in [3.8, 4) is 0 Å². The molecule has 15 heavy (non-hydrogen) atoms. The Kier molecular flexibility index (Phi) is 13.3. The smallest absolute Gasteiger partial charge is 0.0962 e. The average Bonchev–Trinajstić information content (AvgIpc) is 2.10. The number of nitrogens with two attached hydrogens (primary N) is 1. The van der Waals surface area contributed by atoms with Crippen LogP contribution >= 0.6 is 0 Å². The summed E-state index contributed by atoms with van der Waals surface area (Å²) < 4.78 is 0. The molecule has 90 valence electrons. The Hall–Kier alpha value is -0.380. The molecule has 0 aromatic heterocycles. The van der Waals surface area contributed by atoms with Gasteiger partial charge in [0, 0.05) is 12.1 Å². The molecular weight excluding hydrogens is 254 g/mol. The highest BCUT2D eigenvalue weighted by Gasteiger charge is 1.98. The molecule has 0 fully saturated rings. The Morgan fingerprint density at radius 2 is 1.53 bits per heavy atom. The largest absolute Gasteiger partial charge is 1.00 e. The van der Waals surface area contributed by atoms with Crippen LogP contribution in [0.2, 0.25) is 0 Å². The molecule has 3 nitrogen and oxygen atoms in total. The summed E-state index contributed by atoms with van der Waals surface area (Å²) in [6, 6.07) is 0. The molecule has 0 heterocycles. The van der Waals surface area contributed by atoms with Gasteiger partial charge in [0.1, 0.15) is 0 Å². The standard InChI is InChI=1S/C11H23N3.BrH/c1-2-3-4-5-6-7-8-10(12)9-11(13)14;/h12H,2-9H2,1H3,(H3,13,14);1H/p-1. The molecule has 0 unspecified atom stereocenters. The van der Waals surface area contributed by atoms with Crippen molar-refractivity contribution < 1.29 is 17.0 Å². The van der Waals surface area contributed by atoms with E-state index in [1.807, 2.05) is 0 Å². The minimum Gasteiger partial charge on any atom is -1.00 e. The van der Waals surface area contributed by atoms with Gasteiger partial charge in [-0.25, -0.2) is 0 Å². The second-order valence-electron chi connectivity index (χ2n) is 3.82. The highest BCUT2D eigenvalue weighted by atomic mass is 79.9. The maximum absolute atomic E-state index is 7.51. The summed E-state index contributed by atoms with van der Waals surface area (Å²) >= 11 is 0. The summed E-state index contributed by atoms with van der Waals surface area (Å²) in [6.07, 6.45) is 8.65. The maximum atomic E-state index is 7.51. The Balaban J connectivity index is 0. The first kappa shape index (κ1) is 17.0. The van der Waals surface area contributed by atoms with E-state index in [0.717, 1.165) is 12.8 Å². The Morgan fingerprint density at radius 1 is 1.00 bits per heavy atom. The number of unbranched alkanes of at least 4 members (excludes halogenated alkanes) is 5. The van der Waals surface area contributed by atoms with Gasteiger partial charge in [0.05, 0.1) is 5.84 Å². The molecule has 0 amide bonds. The summed E-state index contributed by atoms with van der Waals surface area (Å²) in [5, 5.41) is 14.5. The number of rotatable bonds is 9. The lowest BCUT2D eigenvalue weighted by Gasteiger charge is -2.02. The van der Waals surface area contributed by atoms with E-state index in [4.69, 9.17) is 16.6 Å². The molecule has 0 saturated heterocycles. The zero-order valence-electron chi connectivity index (χ0n) is 9.61. The maximum Gasteiger partial charge on any atom is 0.0962 e. The van der Waals surface area contributed by atoms with E-state index >= 15 is 0 Å². The molecule has 4 heteroatoms. The summed E-state index contributed by atoms with van der Waals surface area (Å²) in [5.74, 6) is 0.112. The van der Waals surface area contributed by atoms with Gasteiger partial charge < -0.3 is 28.1 Å². The molecule has 0 aromatic carbocycles. The van der Waals surface area contributed by atoms with Gasteiger partial charge in [-0.3, -0.25) is 5.41 Å². The first-order valence-electron chi connectivity index (χ1n) is 5.56. The summed E-state index contributed by atoms with van der Waals surface area (Å²) in [4.78, 5) is 0. The van der Waals surface area contributed by atoms with E-state index < -0.39 is 0 Å². The van der Waals surface area contributed by atoms with Gasteiger partial charge >= 0.3 is 0 Å². The van der Waals surface area contributed by atoms with Crippen molar-refractivity contribution in [3.05, 3.63) is 0 Å². The molecule has 0 aromatic rings. The zero-order chi connectivity index (χ0) is 10.8. The minimum absolute atomic E-state index is 0. The fraction of sp³-hybridized carbons (Fsp3) is 0.818. The van der Waals surface area contributed by atoms with Crippen molar-refractivity contribution in [1.29, 1.82) is 10.8 Å². The van der Waals surface area contributed by atoms with Crippen LogP contribution in [0.4, 0.5) is 0 Å². The highest BCUT2D eigenvalue weighted by Crippen LogP contribution is 2.07. The predicted molar refractivity (Wildman–Crippen MR) is 62.3 cm³/mol. The van der Waals surface area contributed by atoms with Gasteiger partial charge in [0.25, 0.3) is 0 Å². The lowest BCUT2D eigenvalue weighted by atomic mass is 10.1. The SMILES string of the molecule is CCCCCCCCC(=N)CC(=N)N.[Br-]. The van der Waals surface area contributed by atoms with Gasteiger partial charge in [-0.2, -0.15) is 0 Å². The average molecular weight is 277 g/mol. The Morgan fingerprint density at radius 3 is 2.07 bits per heavy atom. The van der Waals surface area contributed by atoms with Crippen LogP contribution in [0.15, 0.2) is 0 Å². The van der Waals surface area contributed by atoms with Crippen LogP contribution in [-0.2, 0) is 0 Å². The van der Waals surface area contributed by atoms with E-state index in [1.54, 1.807) is 0 Å². The molecule has 0 radical (unpaired) electrons. The van der Waals surface area contributed by atoms with Gasteiger partial charge in [-0.1, -0.05) is 39.0 Å². The molecule has 0 aliphatic rings. The molecular formula is C11H23BrN3-. The van der Waals surface area contributed by atoms with Crippen molar-refractivity contribution >= 4 is 11.5 Å². The second-order valence-corrected chi connectivity index (χ2v) is 3.82. The predicted octanol–water partition coefficient (Wildman–Crippen LogP) is 0.0868. The topological polar surface area (TPSA) is 73.7 Å². The van der Waals surface area contributed by atoms with Gasteiger partial charge in [0.15, 0.2) is 0 Å². The molecule has 0 bridgehead atoms. The number of nitrogens with one attached hydrogen (secondary N) is 2. The normalized spacial score (nSPS) is 9.40. The Bertz CT molecular complexity index is 181. The van der Waals surface area contributed by atoms with Crippen LogP contribution in [0.3, 0.4) is 0 Å². The molecule has 4 N–H and O–H groups in total. The summed E-state index contributed by atoms with van der Waals surface area (Å²) in [6.45, 7) is 2.21. The number of hydrogen-bond acceptors (Lipinski definition) is 2. The quantitative estimate of drug-likeness (QED) is 0.312. The van der Waals surface area contributed by atoms with Crippen LogP contribution in [-0.4, -0.2) is 11.5 Å². The third kappa shape index (κ3) is 13.6. The van der Waals surface area contributed by atoms with Crippen LogP contribution in [0.25, 0.3) is 0 Å². The zero-order valence-corrected chi connectivity index (χ0v) is 11.2. The first-order valence-corrected chi connectivity index (χ1v) is 5.56. The summed E-state index contributed by atoms with van der Waals surface area (Å²) in [5.41, 5.74) is 5.81. The van der Waals surface area contributed by atoms with E-state index in [2.05, 4.69) is 6.92 Å². The number of amidine groups is 1. The van der Waals surface area contributed by atoms with Crippen LogP contribution < -0.4 is 22.7 Å². The van der Waals surface area contributed by atoms with E-state index in [1.165, 1.54) is 32.1 Å². The van der Waals surface area contributed by atoms with Gasteiger partial charge in [-0.05, 0) is 12.8 Å². The highest BCUT2D eigenvalue weighted by molar-refractivity contribution is 5.99. The number of hydrogen-bond donors (Lipinski definition) is 3. The lowest BCUT2D eigenvalue weighted by Crippen LogP contribution is -3.00. The van der Waals surface area contributed by atoms with E-state index in [0.29, 0.717) is 12.1 Å². The molecule has 0 rings (SSSR count). The molecule has 0 saturated carbocycles. The first-order chi connectivity index (χ1) is 6.66. The van der Waals surface area contributed by atoms with Crippen molar-refractivity contribution in [2.45, 2.75) is 58.3 Å². The fourth-order valence-corrected chi connectivity index (χ4v) is 1.44. The third-order valence-electron chi connectivity index (χ3n) is 2.24. The van der Waals surface area contributed by atoms with Crippen molar-refractivity contribution in [1.82, 2.24) is 0 Å². The van der Waals surface area contributed by atoms with Gasteiger partial charge in [0.2, 0.25) is 0 Å². The summed E-state index contributed by atoms with van der Waals surface area (Å²) in [7, 11) is 0. The molecule has 0 spiro atoms. The van der Waals surface area contributed by atoms with Crippen molar-refractivity contribution in [2.75, 3.05) is 0 Å². The third-order valence-corrected chi connectivity index (χ3v) is 2.24. The monoisotopic (exact) mass is 276 g/mol. The molecule has 0 atom stereocenters. The number of halogens is 1. The van der Waals surface area contributed by atoms with Crippen LogP contribution in [0.5, 0.6) is 0 Å². The van der Waals surface area contributed by atoms with Crippen molar-refractivity contribution in [3.63, 3.8) is 0 Å². The van der Waals surface area contributed by atoms with E-state index in [-0.39, 0.29) is 22.8 Å². The van der Waals surface area contributed by atoms with Crippen LogP contribution in [0.1, 0.15) is 58.3 Å². The Labute approximate surface area is 104 Å². The van der Waals surface area contributed by atoms with E-state index in [9.17, 15) is 0 Å².